The molecule has 1 saturated carbocycles. The molecule has 0 radical (unpaired) electrons. The first-order valence-electron chi connectivity index (χ1n) is 3.36. The lowest BCUT2D eigenvalue weighted by molar-refractivity contribution is -0.131. The van der Waals surface area contributed by atoms with Crippen LogP contribution in [0.1, 0.15) is 19.8 Å². The predicted octanol–water partition coefficient (Wildman–Crippen LogP) is 0.225. The second kappa shape index (κ2) is 2.40. The van der Waals surface area contributed by atoms with Crippen molar-refractivity contribution in [1.29, 1.82) is 0 Å². The van der Waals surface area contributed by atoms with Crippen molar-refractivity contribution in [2.75, 3.05) is 0 Å². The maximum Gasteiger partial charge on any atom is 0.324 e. The molecule has 0 aliphatic heterocycles. The van der Waals surface area contributed by atoms with Crippen molar-refractivity contribution in [3.05, 3.63) is 5.53 Å². The molecule has 0 saturated heterocycles. The van der Waals surface area contributed by atoms with Crippen LogP contribution in [0.5, 0.6) is 0 Å². The standard InChI is InChI=1S/C7H8N2O2/c1-5(10)7(2-3-7)6(11)4-9-8/h4H,2-3H2,1H3. The number of hydrogen-bond acceptors (Lipinski definition) is 2. The minimum absolute atomic E-state index is 0.137. The highest BCUT2D eigenvalue weighted by Crippen LogP contribution is 2.46. The van der Waals surface area contributed by atoms with Gasteiger partial charge in [-0.3, -0.25) is 9.59 Å². The van der Waals surface area contributed by atoms with E-state index in [-0.39, 0.29) is 11.6 Å². The third kappa shape index (κ3) is 1.12. The fraction of sp³-hybridized carbons (Fsp3) is 0.571. The second-order valence-electron chi connectivity index (χ2n) is 2.75. The van der Waals surface area contributed by atoms with E-state index in [0.29, 0.717) is 12.8 Å². The highest BCUT2D eigenvalue weighted by Gasteiger charge is 2.54. The number of carbonyl (C=O) groups excluding carboxylic acids is 2. The van der Waals surface area contributed by atoms with Crippen LogP contribution < -0.4 is 0 Å². The smallest absolute Gasteiger partial charge is 0.324 e. The Morgan fingerprint density at radius 3 is 2.36 bits per heavy atom. The molecule has 0 aromatic rings. The average Bonchev–Trinajstić information content (AvgIpc) is 2.66. The molecule has 0 aromatic heterocycles. The molecule has 11 heavy (non-hydrogen) atoms. The summed E-state index contributed by atoms with van der Waals surface area (Å²) in [6, 6.07) is 0. The Morgan fingerprint density at radius 2 is 2.09 bits per heavy atom. The van der Waals surface area contributed by atoms with Crippen LogP contribution in [0.25, 0.3) is 5.53 Å². The summed E-state index contributed by atoms with van der Waals surface area (Å²) in [5, 5.41) is 0. The first kappa shape index (κ1) is 7.82. The van der Waals surface area contributed by atoms with E-state index in [2.05, 4.69) is 4.79 Å². The Morgan fingerprint density at radius 1 is 1.55 bits per heavy atom. The summed E-state index contributed by atoms with van der Waals surface area (Å²) in [5.74, 6) is -0.519. The Hall–Kier alpha value is -1.28. The summed E-state index contributed by atoms with van der Waals surface area (Å²) in [6.45, 7) is 1.39. The van der Waals surface area contributed by atoms with E-state index < -0.39 is 5.41 Å². The average molecular weight is 152 g/mol. The van der Waals surface area contributed by atoms with Crippen molar-refractivity contribution < 1.29 is 14.4 Å². The van der Waals surface area contributed by atoms with Crippen LogP contribution in [-0.4, -0.2) is 22.6 Å². The fourth-order valence-electron chi connectivity index (χ4n) is 1.07. The molecule has 0 atom stereocenters. The van der Waals surface area contributed by atoms with E-state index in [4.69, 9.17) is 5.53 Å². The molecule has 1 fully saturated rings. The molecule has 0 aromatic carbocycles. The molecule has 0 spiro atoms. The zero-order valence-electron chi connectivity index (χ0n) is 6.20. The molecule has 58 valence electrons. The SMILES string of the molecule is CC(=O)C1(C(=O)C=[N+]=[N-])CC1. The van der Waals surface area contributed by atoms with Crippen molar-refractivity contribution in [1.82, 2.24) is 0 Å². The van der Waals surface area contributed by atoms with E-state index >= 15 is 0 Å². The molecule has 0 amide bonds. The minimum Gasteiger partial charge on any atom is -0.361 e. The Bertz CT molecular complexity index is 260. The van der Waals surface area contributed by atoms with Crippen LogP contribution in [0.4, 0.5) is 0 Å². The van der Waals surface area contributed by atoms with Crippen molar-refractivity contribution in [3.8, 4) is 0 Å². The number of rotatable bonds is 3. The second-order valence-corrected chi connectivity index (χ2v) is 2.75. The summed E-state index contributed by atoms with van der Waals surface area (Å²) in [4.78, 5) is 24.5. The van der Waals surface area contributed by atoms with Gasteiger partial charge in [0.2, 0.25) is 5.78 Å². The lowest BCUT2D eigenvalue weighted by Gasteiger charge is -2.00. The summed E-state index contributed by atoms with van der Waals surface area (Å²) >= 11 is 0. The molecule has 4 nitrogen and oxygen atoms in total. The van der Waals surface area contributed by atoms with Crippen molar-refractivity contribution in [2.45, 2.75) is 19.8 Å². The highest BCUT2D eigenvalue weighted by molar-refractivity contribution is 6.34. The van der Waals surface area contributed by atoms with E-state index in [1.165, 1.54) is 6.92 Å². The molecule has 0 N–H and O–H groups in total. The lowest BCUT2D eigenvalue weighted by Crippen LogP contribution is -2.24. The minimum atomic E-state index is -0.827. The molecular weight excluding hydrogens is 144 g/mol. The Balaban J connectivity index is 2.81. The van der Waals surface area contributed by atoms with Gasteiger partial charge >= 0.3 is 6.21 Å². The quantitative estimate of drug-likeness (QED) is 0.251. The molecule has 1 aliphatic rings. The number of Topliss-reactive ketones (excluding diaryl/α,β-unsaturated/α-hetero) is 2. The molecule has 0 bridgehead atoms. The van der Waals surface area contributed by atoms with E-state index in [1.807, 2.05) is 0 Å². The lowest BCUT2D eigenvalue weighted by atomic mass is 9.97. The molecule has 1 rings (SSSR count). The van der Waals surface area contributed by atoms with Gasteiger partial charge in [-0.05, 0) is 19.8 Å². The van der Waals surface area contributed by atoms with Gasteiger partial charge in [-0.15, -0.1) is 0 Å². The predicted molar refractivity (Wildman–Crippen MR) is 37.0 cm³/mol. The zero-order chi connectivity index (χ0) is 8.48. The van der Waals surface area contributed by atoms with Gasteiger partial charge < -0.3 is 5.53 Å². The zero-order valence-corrected chi connectivity index (χ0v) is 6.20. The van der Waals surface area contributed by atoms with E-state index in [0.717, 1.165) is 6.21 Å². The van der Waals surface area contributed by atoms with Crippen molar-refractivity contribution in [3.63, 3.8) is 0 Å². The number of ketones is 2. The number of hydrogen-bond donors (Lipinski definition) is 0. The molecule has 4 heteroatoms. The fourth-order valence-corrected chi connectivity index (χ4v) is 1.07. The van der Waals surface area contributed by atoms with Gasteiger partial charge in [0.15, 0.2) is 0 Å². The third-order valence-corrected chi connectivity index (χ3v) is 2.07. The van der Waals surface area contributed by atoms with Crippen molar-refractivity contribution >= 4 is 17.8 Å². The number of nitrogens with zero attached hydrogens (tertiary/aromatic N) is 2. The first-order valence-corrected chi connectivity index (χ1v) is 3.36. The largest absolute Gasteiger partial charge is 0.361 e. The summed E-state index contributed by atoms with van der Waals surface area (Å²) < 4.78 is 0. The van der Waals surface area contributed by atoms with Crippen LogP contribution in [0, 0.1) is 5.41 Å². The van der Waals surface area contributed by atoms with E-state index in [1.54, 1.807) is 0 Å². The van der Waals surface area contributed by atoms with Gasteiger partial charge in [-0.2, -0.15) is 4.79 Å². The third-order valence-electron chi connectivity index (χ3n) is 2.07. The van der Waals surface area contributed by atoms with Crippen LogP contribution in [0.15, 0.2) is 0 Å². The monoisotopic (exact) mass is 152 g/mol. The Kier molecular flexibility index (Phi) is 1.71. The summed E-state index contributed by atoms with van der Waals surface area (Å²) in [5.41, 5.74) is 7.22. The normalized spacial score (nSPS) is 18.3. The Labute approximate surface area is 63.8 Å². The van der Waals surface area contributed by atoms with Gasteiger partial charge in [0.05, 0.1) is 5.41 Å². The van der Waals surface area contributed by atoms with Crippen LogP contribution in [0.2, 0.25) is 0 Å². The van der Waals surface area contributed by atoms with Crippen LogP contribution in [-0.2, 0) is 9.59 Å². The highest BCUT2D eigenvalue weighted by atomic mass is 16.2. The van der Waals surface area contributed by atoms with Gasteiger partial charge in [-0.1, -0.05) is 0 Å². The van der Waals surface area contributed by atoms with Gasteiger partial charge in [0, 0.05) is 0 Å². The topological polar surface area (TPSA) is 70.5 Å². The molecule has 0 unspecified atom stereocenters. The van der Waals surface area contributed by atoms with Crippen LogP contribution in [0.3, 0.4) is 0 Å². The van der Waals surface area contributed by atoms with Gasteiger partial charge in [0.25, 0.3) is 0 Å². The summed E-state index contributed by atoms with van der Waals surface area (Å²) in [7, 11) is 0. The maximum absolute atomic E-state index is 11.0. The molecule has 0 heterocycles. The van der Waals surface area contributed by atoms with Crippen LogP contribution >= 0.6 is 0 Å². The van der Waals surface area contributed by atoms with Gasteiger partial charge in [0.1, 0.15) is 5.78 Å². The van der Waals surface area contributed by atoms with Gasteiger partial charge in [-0.25, -0.2) is 0 Å². The van der Waals surface area contributed by atoms with E-state index in [9.17, 15) is 9.59 Å². The summed E-state index contributed by atoms with van der Waals surface area (Å²) in [6.07, 6.45) is 1.98. The molecule has 1 aliphatic carbocycles. The molecular formula is C7H8N2O2. The first-order chi connectivity index (χ1) is 5.13. The number of carbonyl (C=O) groups is 2. The maximum atomic E-state index is 11.0. The van der Waals surface area contributed by atoms with Crippen molar-refractivity contribution in [2.24, 2.45) is 5.41 Å².